The largest absolute Gasteiger partial charge is 0.354 e. The smallest absolute Gasteiger partial charge is 0.242 e. The van der Waals surface area contributed by atoms with E-state index in [1.807, 2.05) is 50.2 Å². The van der Waals surface area contributed by atoms with Crippen molar-refractivity contribution < 1.29 is 18.0 Å². The van der Waals surface area contributed by atoms with Crippen molar-refractivity contribution in [1.29, 1.82) is 0 Å². The Bertz CT molecular complexity index is 1070. The van der Waals surface area contributed by atoms with Gasteiger partial charge < -0.3 is 10.2 Å². The molecule has 1 N–H and O–H groups in total. The first-order chi connectivity index (χ1) is 16.6. The van der Waals surface area contributed by atoms with Gasteiger partial charge in [-0.2, -0.15) is 0 Å². The molecular weight excluding hydrogens is 530 g/mol. The van der Waals surface area contributed by atoms with Gasteiger partial charge in [0.1, 0.15) is 6.04 Å². The highest BCUT2D eigenvalue weighted by molar-refractivity contribution is 9.10. The predicted octanol–water partition coefficient (Wildman–Crippen LogP) is 4.50. The number of rotatable bonds is 13. The maximum Gasteiger partial charge on any atom is 0.242 e. The monoisotopic (exact) mass is 565 g/mol. The number of anilines is 1. The van der Waals surface area contributed by atoms with Gasteiger partial charge in [0.25, 0.3) is 0 Å². The van der Waals surface area contributed by atoms with Crippen LogP contribution in [0.3, 0.4) is 0 Å². The summed E-state index contributed by atoms with van der Waals surface area (Å²) in [6.45, 7) is 6.75. The molecule has 0 aliphatic rings. The Kier molecular flexibility index (Phi) is 11.2. The van der Waals surface area contributed by atoms with Crippen molar-refractivity contribution in [2.24, 2.45) is 0 Å². The van der Waals surface area contributed by atoms with Crippen LogP contribution in [0, 0.1) is 0 Å². The summed E-state index contributed by atoms with van der Waals surface area (Å²) in [5.74, 6) is -0.395. The number of nitrogens with one attached hydrogen (secondary N) is 1. The number of aryl methyl sites for hydroxylation is 1. The van der Waals surface area contributed by atoms with E-state index in [1.165, 1.54) is 10.6 Å². The van der Waals surface area contributed by atoms with Crippen molar-refractivity contribution in [3.63, 3.8) is 0 Å². The number of benzene rings is 2. The molecule has 0 heterocycles. The second-order valence-electron chi connectivity index (χ2n) is 8.57. The van der Waals surface area contributed by atoms with E-state index in [-0.39, 0.29) is 24.8 Å². The molecule has 0 saturated heterocycles. The van der Waals surface area contributed by atoms with Gasteiger partial charge in [0.05, 0.1) is 11.9 Å². The zero-order chi connectivity index (χ0) is 26.0. The highest BCUT2D eigenvalue weighted by atomic mass is 79.9. The number of halogens is 1. The number of carbonyl (C=O) groups is 2. The van der Waals surface area contributed by atoms with Crippen LogP contribution >= 0.6 is 15.9 Å². The molecule has 2 amide bonds. The average molecular weight is 567 g/mol. The van der Waals surface area contributed by atoms with Crippen molar-refractivity contribution in [2.75, 3.05) is 23.7 Å². The van der Waals surface area contributed by atoms with Gasteiger partial charge in [0, 0.05) is 30.5 Å². The molecule has 0 fully saturated rings. The first-order valence-corrected chi connectivity index (χ1v) is 14.6. The summed E-state index contributed by atoms with van der Waals surface area (Å²) in [6.07, 6.45) is 3.30. The van der Waals surface area contributed by atoms with E-state index in [0.717, 1.165) is 28.4 Å². The van der Waals surface area contributed by atoms with Crippen molar-refractivity contribution in [1.82, 2.24) is 10.2 Å². The normalized spacial score (nSPS) is 12.1. The summed E-state index contributed by atoms with van der Waals surface area (Å²) in [5, 5.41) is 2.86. The van der Waals surface area contributed by atoms with E-state index in [2.05, 4.69) is 21.2 Å². The van der Waals surface area contributed by atoms with Crippen molar-refractivity contribution in [3.05, 3.63) is 64.1 Å². The highest BCUT2D eigenvalue weighted by Gasteiger charge is 2.26. The third kappa shape index (κ3) is 8.96. The second kappa shape index (κ2) is 13.6. The Balaban J connectivity index is 2.14. The SMILES string of the molecule is CCCNC(=O)[C@H](C)N(Cc1ccc(Br)cc1)C(=O)CCCN(c1ccc(CC)cc1)S(C)(=O)=O. The van der Waals surface area contributed by atoms with E-state index in [0.29, 0.717) is 25.2 Å². The molecule has 0 unspecified atom stereocenters. The summed E-state index contributed by atoms with van der Waals surface area (Å²) in [6, 6.07) is 14.4. The first kappa shape index (κ1) is 28.8. The van der Waals surface area contributed by atoms with Crippen molar-refractivity contribution in [2.45, 2.75) is 59.0 Å². The van der Waals surface area contributed by atoms with Gasteiger partial charge in [-0.25, -0.2) is 8.42 Å². The fourth-order valence-corrected chi connectivity index (χ4v) is 4.90. The molecule has 7 nitrogen and oxygen atoms in total. The van der Waals surface area contributed by atoms with Crippen LogP contribution in [-0.2, 0) is 32.6 Å². The van der Waals surface area contributed by atoms with E-state index >= 15 is 0 Å². The molecule has 35 heavy (non-hydrogen) atoms. The maximum absolute atomic E-state index is 13.3. The summed E-state index contributed by atoms with van der Waals surface area (Å²) in [4.78, 5) is 27.5. The molecule has 0 spiro atoms. The third-order valence-corrected chi connectivity index (χ3v) is 7.49. The molecule has 1 atom stereocenters. The fraction of sp³-hybridized carbons (Fsp3) is 0.462. The molecule has 9 heteroatoms. The van der Waals surface area contributed by atoms with E-state index in [9.17, 15) is 18.0 Å². The number of hydrogen-bond donors (Lipinski definition) is 1. The Hall–Kier alpha value is -2.39. The quantitative estimate of drug-likeness (QED) is 0.387. The lowest BCUT2D eigenvalue weighted by Gasteiger charge is -2.29. The molecule has 2 aromatic rings. The molecule has 0 bridgehead atoms. The highest BCUT2D eigenvalue weighted by Crippen LogP contribution is 2.20. The Morgan fingerprint density at radius 2 is 1.60 bits per heavy atom. The molecule has 0 aliphatic carbocycles. The van der Waals surface area contributed by atoms with Crippen LogP contribution in [-0.4, -0.2) is 50.5 Å². The van der Waals surface area contributed by atoms with Gasteiger partial charge in [-0.1, -0.05) is 54.0 Å². The van der Waals surface area contributed by atoms with Crippen molar-refractivity contribution in [3.8, 4) is 0 Å². The molecule has 192 valence electrons. The zero-order valence-electron chi connectivity index (χ0n) is 21.0. The molecule has 2 aromatic carbocycles. The van der Waals surface area contributed by atoms with Crippen LogP contribution in [0.15, 0.2) is 53.0 Å². The summed E-state index contributed by atoms with van der Waals surface area (Å²) < 4.78 is 27.1. The van der Waals surface area contributed by atoms with E-state index in [4.69, 9.17) is 0 Å². The molecular formula is C26H36BrN3O4S. The number of nitrogens with zero attached hydrogens (tertiary/aromatic N) is 2. The minimum absolute atomic E-state index is 0.126. The van der Waals surface area contributed by atoms with Crippen LogP contribution in [0.2, 0.25) is 0 Å². The molecule has 0 radical (unpaired) electrons. The Morgan fingerprint density at radius 3 is 2.14 bits per heavy atom. The fourth-order valence-electron chi connectivity index (χ4n) is 3.67. The molecule has 0 aromatic heterocycles. The Morgan fingerprint density at radius 1 is 1.00 bits per heavy atom. The number of sulfonamides is 1. The van der Waals surface area contributed by atoms with Crippen LogP contribution < -0.4 is 9.62 Å². The van der Waals surface area contributed by atoms with Gasteiger partial charge in [-0.05, 0) is 61.6 Å². The number of carbonyl (C=O) groups excluding carboxylic acids is 2. The maximum atomic E-state index is 13.3. The van der Waals surface area contributed by atoms with Gasteiger partial charge >= 0.3 is 0 Å². The van der Waals surface area contributed by atoms with Gasteiger partial charge in [-0.3, -0.25) is 13.9 Å². The van der Waals surface area contributed by atoms with Gasteiger partial charge in [0.2, 0.25) is 21.8 Å². The lowest BCUT2D eigenvalue weighted by Crippen LogP contribution is -2.47. The Labute approximate surface area is 218 Å². The number of hydrogen-bond acceptors (Lipinski definition) is 4. The minimum atomic E-state index is -3.51. The van der Waals surface area contributed by atoms with Crippen LogP contribution in [0.1, 0.15) is 51.2 Å². The standard InChI is InChI=1S/C26H36BrN3O4S/c1-5-17-28-26(32)20(3)29(19-22-9-13-23(27)14-10-22)25(31)8-7-18-30(35(4,33)34)24-15-11-21(6-2)12-16-24/h9-16,20H,5-8,17-19H2,1-4H3,(H,28,32)/t20-/m0/s1. The second-order valence-corrected chi connectivity index (χ2v) is 11.4. The first-order valence-electron chi connectivity index (χ1n) is 11.9. The zero-order valence-corrected chi connectivity index (χ0v) is 23.4. The van der Waals surface area contributed by atoms with Crippen LogP contribution in [0.25, 0.3) is 0 Å². The summed E-state index contributed by atoms with van der Waals surface area (Å²) in [7, 11) is -3.51. The number of amides is 2. The predicted molar refractivity (Wildman–Crippen MR) is 145 cm³/mol. The minimum Gasteiger partial charge on any atom is -0.354 e. The van der Waals surface area contributed by atoms with E-state index < -0.39 is 16.1 Å². The summed E-state index contributed by atoms with van der Waals surface area (Å²) in [5.41, 5.74) is 2.61. The van der Waals surface area contributed by atoms with Gasteiger partial charge in [-0.15, -0.1) is 0 Å². The lowest BCUT2D eigenvalue weighted by molar-refractivity contribution is -0.140. The topological polar surface area (TPSA) is 86.8 Å². The van der Waals surface area contributed by atoms with Crippen molar-refractivity contribution >= 4 is 43.5 Å². The average Bonchev–Trinajstić information content (AvgIpc) is 2.83. The lowest BCUT2D eigenvalue weighted by atomic mass is 10.1. The third-order valence-electron chi connectivity index (χ3n) is 5.77. The van der Waals surface area contributed by atoms with Gasteiger partial charge in [0.15, 0.2) is 0 Å². The molecule has 2 rings (SSSR count). The summed E-state index contributed by atoms with van der Waals surface area (Å²) >= 11 is 3.41. The molecule has 0 aliphatic heterocycles. The van der Waals surface area contributed by atoms with E-state index in [1.54, 1.807) is 24.0 Å². The van der Waals surface area contributed by atoms with Crippen LogP contribution in [0.4, 0.5) is 5.69 Å². The molecule has 0 saturated carbocycles. The van der Waals surface area contributed by atoms with Crippen LogP contribution in [0.5, 0.6) is 0 Å².